The average Bonchev–Trinajstić information content (AvgIpc) is 2.07. The second-order valence-corrected chi connectivity index (χ2v) is 2.43. The molecule has 0 saturated heterocycles. The van der Waals surface area contributed by atoms with E-state index in [1.54, 1.807) is 0 Å². The molecule has 1 aromatic rings. The first-order valence-electron chi connectivity index (χ1n) is 3.57. The minimum Gasteiger partial charge on any atom is -0.384 e. The van der Waals surface area contributed by atoms with Crippen LogP contribution in [0.5, 0.6) is 0 Å². The van der Waals surface area contributed by atoms with Crippen LogP contribution in [0.3, 0.4) is 0 Å². The predicted molar refractivity (Wildman–Crippen MR) is 47.3 cm³/mol. The Morgan fingerprint density at radius 2 is 2.08 bits per heavy atom. The van der Waals surface area contributed by atoms with Crippen molar-refractivity contribution in [1.82, 2.24) is 0 Å². The van der Waals surface area contributed by atoms with Gasteiger partial charge in [0.1, 0.15) is 5.84 Å². The lowest BCUT2D eigenvalue weighted by Crippen LogP contribution is -2.04. The first-order valence-corrected chi connectivity index (χ1v) is 3.57. The van der Waals surface area contributed by atoms with E-state index in [0.29, 0.717) is 0 Å². The fourth-order valence-corrected chi connectivity index (χ4v) is 0.829. The normalized spacial score (nSPS) is 10.6. The van der Waals surface area contributed by atoms with Gasteiger partial charge in [0.25, 0.3) is 0 Å². The topological polar surface area (TPSA) is 49.9 Å². The van der Waals surface area contributed by atoms with Gasteiger partial charge in [-0.1, -0.05) is 12.1 Å². The SMILES string of the molecule is N=C(N)/C=C/c1cccc(F)c1F. The van der Waals surface area contributed by atoms with Crippen molar-refractivity contribution < 1.29 is 8.78 Å². The molecule has 0 atom stereocenters. The summed E-state index contributed by atoms with van der Waals surface area (Å²) >= 11 is 0. The summed E-state index contributed by atoms with van der Waals surface area (Å²) in [6, 6.07) is 3.82. The number of benzene rings is 1. The lowest BCUT2D eigenvalue weighted by Gasteiger charge is -1.96. The maximum absolute atomic E-state index is 12.9. The zero-order valence-corrected chi connectivity index (χ0v) is 6.72. The number of amidine groups is 1. The van der Waals surface area contributed by atoms with Gasteiger partial charge in [0.15, 0.2) is 11.6 Å². The summed E-state index contributed by atoms with van der Waals surface area (Å²) in [4.78, 5) is 0. The van der Waals surface area contributed by atoms with Gasteiger partial charge < -0.3 is 5.73 Å². The van der Waals surface area contributed by atoms with Crippen molar-refractivity contribution >= 4 is 11.9 Å². The Bertz CT molecular complexity index is 359. The molecule has 68 valence electrons. The number of nitrogens with two attached hydrogens (primary N) is 1. The van der Waals surface area contributed by atoms with Gasteiger partial charge in [-0.2, -0.15) is 0 Å². The van der Waals surface area contributed by atoms with E-state index in [1.165, 1.54) is 24.3 Å². The van der Waals surface area contributed by atoms with E-state index >= 15 is 0 Å². The van der Waals surface area contributed by atoms with Crippen LogP contribution >= 0.6 is 0 Å². The zero-order chi connectivity index (χ0) is 9.84. The van der Waals surface area contributed by atoms with Crippen molar-refractivity contribution in [2.75, 3.05) is 0 Å². The van der Waals surface area contributed by atoms with Crippen LogP contribution in [-0.2, 0) is 0 Å². The third-order valence-electron chi connectivity index (χ3n) is 1.42. The van der Waals surface area contributed by atoms with E-state index in [1.807, 2.05) is 0 Å². The average molecular weight is 182 g/mol. The van der Waals surface area contributed by atoms with Gasteiger partial charge in [-0.05, 0) is 18.2 Å². The van der Waals surface area contributed by atoms with Crippen LogP contribution in [0.4, 0.5) is 8.78 Å². The minimum atomic E-state index is -0.931. The van der Waals surface area contributed by atoms with Crippen LogP contribution in [0, 0.1) is 17.0 Å². The molecule has 0 saturated carbocycles. The Kier molecular flexibility index (Phi) is 2.74. The zero-order valence-electron chi connectivity index (χ0n) is 6.72. The van der Waals surface area contributed by atoms with Gasteiger partial charge >= 0.3 is 0 Å². The highest BCUT2D eigenvalue weighted by atomic mass is 19.2. The smallest absolute Gasteiger partial charge is 0.166 e. The first-order chi connectivity index (χ1) is 6.11. The monoisotopic (exact) mass is 182 g/mol. The molecule has 0 bridgehead atoms. The molecule has 1 aromatic carbocycles. The van der Waals surface area contributed by atoms with E-state index in [4.69, 9.17) is 11.1 Å². The van der Waals surface area contributed by atoms with E-state index in [2.05, 4.69) is 0 Å². The number of halogens is 2. The fraction of sp³-hybridized carbons (Fsp3) is 0. The summed E-state index contributed by atoms with van der Waals surface area (Å²) < 4.78 is 25.5. The lowest BCUT2D eigenvalue weighted by atomic mass is 10.2. The molecule has 0 fully saturated rings. The number of rotatable bonds is 2. The molecular formula is C9H8F2N2. The van der Waals surface area contributed by atoms with Gasteiger partial charge in [-0.25, -0.2) is 8.78 Å². The predicted octanol–water partition coefficient (Wildman–Crippen LogP) is 1.91. The van der Waals surface area contributed by atoms with Crippen molar-refractivity contribution in [2.24, 2.45) is 5.73 Å². The van der Waals surface area contributed by atoms with Crippen molar-refractivity contribution in [3.8, 4) is 0 Å². The molecule has 3 N–H and O–H groups in total. The molecule has 0 radical (unpaired) electrons. The van der Waals surface area contributed by atoms with Gasteiger partial charge in [-0.15, -0.1) is 0 Å². The summed E-state index contributed by atoms with van der Waals surface area (Å²) in [7, 11) is 0. The molecule has 0 aliphatic rings. The molecule has 0 spiro atoms. The highest BCUT2D eigenvalue weighted by Crippen LogP contribution is 2.12. The molecule has 0 unspecified atom stereocenters. The molecule has 2 nitrogen and oxygen atoms in total. The summed E-state index contributed by atoms with van der Waals surface area (Å²) in [5.41, 5.74) is 5.09. The highest BCUT2D eigenvalue weighted by molar-refractivity contribution is 5.92. The molecule has 0 amide bonds. The minimum absolute atomic E-state index is 0.0789. The molecule has 4 heteroatoms. The molecule has 0 aliphatic carbocycles. The van der Waals surface area contributed by atoms with E-state index in [-0.39, 0.29) is 11.4 Å². The molecule has 1 rings (SSSR count). The van der Waals surface area contributed by atoms with Gasteiger partial charge in [-0.3, -0.25) is 5.41 Å². The molecule has 0 aromatic heterocycles. The Labute approximate surface area is 74.2 Å². The molecular weight excluding hydrogens is 174 g/mol. The van der Waals surface area contributed by atoms with Gasteiger partial charge in [0.05, 0.1) is 0 Å². The molecule has 0 aliphatic heterocycles. The van der Waals surface area contributed by atoms with Crippen molar-refractivity contribution in [2.45, 2.75) is 0 Å². The Morgan fingerprint density at radius 3 is 2.69 bits per heavy atom. The molecule has 0 heterocycles. The Balaban J connectivity index is 3.02. The van der Waals surface area contributed by atoms with Crippen LogP contribution in [0.15, 0.2) is 24.3 Å². The third kappa shape index (κ3) is 2.37. The van der Waals surface area contributed by atoms with Crippen LogP contribution in [0.25, 0.3) is 6.08 Å². The van der Waals surface area contributed by atoms with Crippen LogP contribution < -0.4 is 5.73 Å². The summed E-state index contributed by atoms with van der Waals surface area (Å²) in [5, 5.41) is 6.84. The lowest BCUT2D eigenvalue weighted by molar-refractivity contribution is 0.507. The Hall–Kier alpha value is -1.71. The van der Waals surface area contributed by atoms with Gasteiger partial charge in [0.2, 0.25) is 0 Å². The van der Waals surface area contributed by atoms with Crippen LogP contribution in [0.2, 0.25) is 0 Å². The van der Waals surface area contributed by atoms with Crippen LogP contribution in [-0.4, -0.2) is 5.84 Å². The standard InChI is InChI=1S/C9H8F2N2/c10-7-3-1-2-6(9(7)11)4-5-8(12)13/h1-5H,(H3,12,13)/b5-4+. The quantitative estimate of drug-likeness (QED) is 0.532. The third-order valence-corrected chi connectivity index (χ3v) is 1.42. The second-order valence-electron chi connectivity index (χ2n) is 2.43. The number of hydrogen-bond acceptors (Lipinski definition) is 1. The second kappa shape index (κ2) is 3.80. The van der Waals surface area contributed by atoms with Crippen molar-refractivity contribution in [3.05, 3.63) is 41.5 Å². The summed E-state index contributed by atoms with van der Waals surface area (Å²) in [6.07, 6.45) is 2.44. The van der Waals surface area contributed by atoms with E-state index in [0.717, 1.165) is 6.07 Å². The maximum atomic E-state index is 12.9. The summed E-state index contributed by atoms with van der Waals surface area (Å²) in [5.74, 6) is -2.05. The molecule has 13 heavy (non-hydrogen) atoms. The largest absolute Gasteiger partial charge is 0.384 e. The maximum Gasteiger partial charge on any atom is 0.166 e. The van der Waals surface area contributed by atoms with Crippen molar-refractivity contribution in [1.29, 1.82) is 5.41 Å². The highest BCUT2D eigenvalue weighted by Gasteiger charge is 2.03. The first kappa shape index (κ1) is 9.38. The van der Waals surface area contributed by atoms with Crippen molar-refractivity contribution in [3.63, 3.8) is 0 Å². The van der Waals surface area contributed by atoms with Crippen LogP contribution in [0.1, 0.15) is 5.56 Å². The number of nitrogens with one attached hydrogen (secondary N) is 1. The van der Waals surface area contributed by atoms with E-state index < -0.39 is 11.6 Å². The number of hydrogen-bond donors (Lipinski definition) is 2. The Morgan fingerprint density at radius 1 is 1.38 bits per heavy atom. The fourth-order valence-electron chi connectivity index (χ4n) is 0.829. The summed E-state index contributed by atoms with van der Waals surface area (Å²) in [6.45, 7) is 0. The van der Waals surface area contributed by atoms with E-state index in [9.17, 15) is 8.78 Å². The van der Waals surface area contributed by atoms with Gasteiger partial charge in [0, 0.05) is 5.56 Å².